The summed E-state index contributed by atoms with van der Waals surface area (Å²) in [4.78, 5) is 14.3. The number of aliphatic hydroxyl groups is 1. The van der Waals surface area contributed by atoms with E-state index in [1.54, 1.807) is 12.1 Å². The van der Waals surface area contributed by atoms with Crippen LogP contribution in [0.5, 0.6) is 0 Å². The van der Waals surface area contributed by atoms with Gasteiger partial charge in [0.25, 0.3) is 0 Å². The number of carbonyl (C=O) groups excluding carboxylic acids is 1. The highest BCUT2D eigenvalue weighted by Gasteiger charge is 2.46. The largest absolute Gasteiger partial charge is 0.396 e. The zero-order chi connectivity index (χ0) is 14.1. The van der Waals surface area contributed by atoms with Crippen LogP contribution in [-0.2, 0) is 4.79 Å². The summed E-state index contributed by atoms with van der Waals surface area (Å²) < 4.78 is 12.9. The van der Waals surface area contributed by atoms with E-state index in [0.717, 1.165) is 31.4 Å². The van der Waals surface area contributed by atoms with E-state index in [9.17, 15) is 14.3 Å². The predicted octanol–water partition coefficient (Wildman–Crippen LogP) is 2.16. The van der Waals surface area contributed by atoms with E-state index >= 15 is 0 Å². The van der Waals surface area contributed by atoms with Crippen LogP contribution in [-0.4, -0.2) is 35.6 Å². The van der Waals surface area contributed by atoms with Gasteiger partial charge >= 0.3 is 0 Å². The normalized spacial score (nSPS) is 29.3. The van der Waals surface area contributed by atoms with Crippen molar-refractivity contribution in [2.24, 2.45) is 11.8 Å². The molecule has 0 aromatic heterocycles. The monoisotopic (exact) mass is 277 g/mol. The standard InChI is InChI=1S/C16H20FNO2/c17-13-5-3-12(4-6-13)14-8-15(14)16(20)18-7-1-2-11(9-18)10-19/h3-6,11,14-15,19H,1-2,7-10H2. The van der Waals surface area contributed by atoms with Crippen molar-refractivity contribution in [2.75, 3.05) is 19.7 Å². The quantitative estimate of drug-likeness (QED) is 0.919. The van der Waals surface area contributed by atoms with Crippen LogP contribution >= 0.6 is 0 Å². The fraction of sp³-hybridized carbons (Fsp3) is 0.562. The molecule has 2 aliphatic rings. The molecular weight excluding hydrogens is 257 g/mol. The van der Waals surface area contributed by atoms with Gasteiger partial charge in [-0.1, -0.05) is 12.1 Å². The summed E-state index contributed by atoms with van der Waals surface area (Å²) in [6, 6.07) is 6.47. The number of rotatable bonds is 3. The third-order valence-electron chi connectivity index (χ3n) is 4.49. The molecule has 108 valence electrons. The molecule has 3 unspecified atom stereocenters. The fourth-order valence-corrected chi connectivity index (χ4v) is 3.20. The topological polar surface area (TPSA) is 40.5 Å². The Morgan fingerprint density at radius 1 is 1.35 bits per heavy atom. The van der Waals surface area contributed by atoms with Gasteiger partial charge in [0.1, 0.15) is 5.82 Å². The van der Waals surface area contributed by atoms with E-state index in [-0.39, 0.29) is 36.1 Å². The van der Waals surface area contributed by atoms with Crippen molar-refractivity contribution in [3.63, 3.8) is 0 Å². The number of carbonyl (C=O) groups is 1. The second kappa shape index (κ2) is 5.52. The Hall–Kier alpha value is -1.42. The van der Waals surface area contributed by atoms with E-state index < -0.39 is 0 Å². The first-order chi connectivity index (χ1) is 9.69. The number of hydrogen-bond acceptors (Lipinski definition) is 2. The second-order valence-electron chi connectivity index (χ2n) is 5.98. The summed E-state index contributed by atoms with van der Waals surface area (Å²) in [6.45, 7) is 1.65. The summed E-state index contributed by atoms with van der Waals surface area (Å²) in [5.41, 5.74) is 1.06. The van der Waals surface area contributed by atoms with Gasteiger partial charge in [-0.25, -0.2) is 4.39 Å². The first-order valence-electron chi connectivity index (χ1n) is 7.34. The van der Waals surface area contributed by atoms with Gasteiger partial charge in [-0.05, 0) is 48.8 Å². The van der Waals surface area contributed by atoms with Gasteiger partial charge in [-0.3, -0.25) is 4.79 Å². The second-order valence-corrected chi connectivity index (χ2v) is 5.98. The maximum absolute atomic E-state index is 12.9. The highest BCUT2D eigenvalue weighted by molar-refractivity contribution is 5.83. The summed E-state index contributed by atoms with van der Waals surface area (Å²) >= 11 is 0. The number of piperidine rings is 1. The average molecular weight is 277 g/mol. The molecule has 20 heavy (non-hydrogen) atoms. The maximum Gasteiger partial charge on any atom is 0.226 e. The fourth-order valence-electron chi connectivity index (χ4n) is 3.20. The SMILES string of the molecule is O=C(C1CC1c1ccc(F)cc1)N1CCCC(CO)C1. The minimum atomic E-state index is -0.237. The van der Waals surface area contributed by atoms with Crippen molar-refractivity contribution < 1.29 is 14.3 Å². The summed E-state index contributed by atoms with van der Waals surface area (Å²) in [5.74, 6) is 0.503. The number of nitrogens with zero attached hydrogens (tertiary/aromatic N) is 1. The Kier molecular flexibility index (Phi) is 3.74. The number of benzene rings is 1. The molecule has 1 heterocycles. The zero-order valence-electron chi connectivity index (χ0n) is 11.5. The van der Waals surface area contributed by atoms with Crippen LogP contribution in [0.4, 0.5) is 4.39 Å². The maximum atomic E-state index is 12.9. The highest BCUT2D eigenvalue weighted by atomic mass is 19.1. The van der Waals surface area contributed by atoms with Crippen LogP contribution in [0, 0.1) is 17.7 Å². The van der Waals surface area contributed by atoms with Crippen LogP contribution in [0.2, 0.25) is 0 Å². The molecule has 4 heteroatoms. The number of likely N-dealkylation sites (tertiary alicyclic amines) is 1. The number of hydrogen-bond donors (Lipinski definition) is 1. The molecule has 0 spiro atoms. The molecule has 1 saturated carbocycles. The van der Waals surface area contributed by atoms with Gasteiger partial charge in [0.05, 0.1) is 0 Å². The molecule has 1 saturated heterocycles. The molecular formula is C16H20FNO2. The first-order valence-corrected chi connectivity index (χ1v) is 7.34. The van der Waals surface area contributed by atoms with Crippen LogP contribution < -0.4 is 0 Å². The van der Waals surface area contributed by atoms with Gasteiger partial charge in [-0.2, -0.15) is 0 Å². The third-order valence-corrected chi connectivity index (χ3v) is 4.49. The molecule has 1 aromatic rings. The minimum Gasteiger partial charge on any atom is -0.396 e. The van der Waals surface area contributed by atoms with Crippen molar-refractivity contribution in [1.82, 2.24) is 4.90 Å². The predicted molar refractivity (Wildman–Crippen MR) is 73.6 cm³/mol. The third kappa shape index (κ3) is 2.70. The van der Waals surface area contributed by atoms with Crippen LogP contribution in [0.3, 0.4) is 0 Å². The molecule has 1 N–H and O–H groups in total. The van der Waals surface area contributed by atoms with Crippen LogP contribution in [0.25, 0.3) is 0 Å². The Bertz CT molecular complexity index is 488. The Morgan fingerprint density at radius 3 is 2.80 bits per heavy atom. The average Bonchev–Trinajstić information content (AvgIpc) is 3.28. The molecule has 1 aliphatic carbocycles. The van der Waals surface area contributed by atoms with E-state index in [2.05, 4.69) is 0 Å². The van der Waals surface area contributed by atoms with E-state index in [4.69, 9.17) is 0 Å². The van der Waals surface area contributed by atoms with Crippen molar-refractivity contribution in [3.8, 4) is 0 Å². The Morgan fingerprint density at radius 2 is 2.10 bits per heavy atom. The van der Waals surface area contributed by atoms with E-state index in [1.165, 1.54) is 12.1 Å². The lowest BCUT2D eigenvalue weighted by molar-refractivity contribution is -0.134. The van der Waals surface area contributed by atoms with Gasteiger partial charge in [0, 0.05) is 25.6 Å². The number of halogens is 1. The van der Waals surface area contributed by atoms with Crippen molar-refractivity contribution >= 4 is 5.91 Å². The molecule has 3 nitrogen and oxygen atoms in total. The lowest BCUT2D eigenvalue weighted by Gasteiger charge is -2.32. The lowest BCUT2D eigenvalue weighted by atomic mass is 9.98. The molecule has 1 aliphatic heterocycles. The van der Waals surface area contributed by atoms with Crippen molar-refractivity contribution in [1.29, 1.82) is 0 Å². The molecule has 3 atom stereocenters. The highest BCUT2D eigenvalue weighted by Crippen LogP contribution is 2.48. The summed E-state index contributed by atoms with van der Waals surface area (Å²) in [6.07, 6.45) is 2.85. The lowest BCUT2D eigenvalue weighted by Crippen LogP contribution is -2.41. The number of aliphatic hydroxyl groups excluding tert-OH is 1. The van der Waals surface area contributed by atoms with E-state index in [0.29, 0.717) is 6.54 Å². The molecule has 1 aromatic carbocycles. The van der Waals surface area contributed by atoms with E-state index in [1.807, 2.05) is 4.90 Å². The zero-order valence-corrected chi connectivity index (χ0v) is 11.5. The van der Waals surface area contributed by atoms with Crippen molar-refractivity contribution in [3.05, 3.63) is 35.6 Å². The Labute approximate surface area is 118 Å². The minimum absolute atomic E-state index is 0.0536. The Balaban J connectivity index is 1.61. The summed E-state index contributed by atoms with van der Waals surface area (Å²) in [5, 5.41) is 9.23. The first kappa shape index (κ1) is 13.6. The smallest absolute Gasteiger partial charge is 0.226 e. The van der Waals surface area contributed by atoms with Crippen molar-refractivity contribution in [2.45, 2.75) is 25.2 Å². The van der Waals surface area contributed by atoms with Crippen LogP contribution in [0.15, 0.2) is 24.3 Å². The molecule has 2 fully saturated rings. The van der Waals surface area contributed by atoms with Gasteiger partial charge in [0.2, 0.25) is 5.91 Å². The molecule has 3 rings (SSSR count). The van der Waals surface area contributed by atoms with Gasteiger partial charge < -0.3 is 10.0 Å². The molecule has 0 radical (unpaired) electrons. The molecule has 0 bridgehead atoms. The van der Waals surface area contributed by atoms with Crippen LogP contribution in [0.1, 0.15) is 30.7 Å². The number of amides is 1. The van der Waals surface area contributed by atoms with Gasteiger partial charge in [-0.15, -0.1) is 0 Å². The van der Waals surface area contributed by atoms with Gasteiger partial charge in [0.15, 0.2) is 0 Å². The summed E-state index contributed by atoms with van der Waals surface area (Å²) in [7, 11) is 0. The molecule has 1 amide bonds.